The molecule has 1 amide bonds. The van der Waals surface area contributed by atoms with Crippen LogP contribution in [0.2, 0.25) is 0 Å². The van der Waals surface area contributed by atoms with Crippen LogP contribution in [0.5, 0.6) is 0 Å². The summed E-state index contributed by atoms with van der Waals surface area (Å²) in [5, 5.41) is 3.41. The molecule has 1 aromatic heterocycles. The van der Waals surface area contributed by atoms with Crippen LogP contribution in [0, 0.1) is 11.7 Å². The Hall–Kier alpha value is -2.78. The lowest BCUT2D eigenvalue weighted by Crippen LogP contribution is -2.14. The number of halogens is 1. The van der Waals surface area contributed by atoms with E-state index in [1.807, 2.05) is 0 Å². The van der Waals surface area contributed by atoms with Crippen LogP contribution < -0.4 is 10.0 Å². The fourth-order valence-corrected chi connectivity index (χ4v) is 5.50. The Morgan fingerprint density at radius 1 is 1.13 bits per heavy atom. The van der Waals surface area contributed by atoms with Gasteiger partial charge in [-0.2, -0.15) is 0 Å². The smallest absolute Gasteiger partial charge is 0.261 e. The van der Waals surface area contributed by atoms with E-state index in [2.05, 4.69) is 21.9 Å². The average molecular weight is 446 g/mol. The first-order valence-electron chi connectivity index (χ1n) is 9.48. The van der Waals surface area contributed by atoms with Gasteiger partial charge in [0.25, 0.3) is 15.9 Å². The van der Waals surface area contributed by atoms with E-state index in [4.69, 9.17) is 0 Å². The summed E-state index contributed by atoms with van der Waals surface area (Å²) < 4.78 is 40.2. The minimum atomic E-state index is -3.84. The van der Waals surface area contributed by atoms with Crippen LogP contribution in [0.1, 0.15) is 34.3 Å². The molecule has 156 valence electrons. The number of hydrogen-bond donors (Lipinski definition) is 2. The Bertz CT molecular complexity index is 1170. The van der Waals surface area contributed by atoms with Crippen molar-refractivity contribution in [2.45, 2.75) is 31.1 Å². The average Bonchev–Trinajstić information content (AvgIpc) is 3.09. The van der Waals surface area contributed by atoms with Gasteiger partial charge < -0.3 is 0 Å². The van der Waals surface area contributed by atoms with E-state index in [0.29, 0.717) is 22.3 Å². The topological polar surface area (TPSA) is 88.2 Å². The first kappa shape index (κ1) is 20.5. The minimum absolute atomic E-state index is 0.0484. The van der Waals surface area contributed by atoms with E-state index >= 15 is 0 Å². The molecule has 4 rings (SSSR count). The van der Waals surface area contributed by atoms with Crippen molar-refractivity contribution in [1.29, 1.82) is 0 Å². The number of nitrogens with zero attached hydrogens (tertiary/aromatic N) is 1. The van der Waals surface area contributed by atoms with Crippen LogP contribution in [0.15, 0.2) is 53.4 Å². The normalized spacial score (nSPS) is 16.0. The molecule has 1 heterocycles. The molecule has 0 radical (unpaired) electrons. The fraction of sp³-hybridized carbons (Fsp3) is 0.238. The number of nitrogens with one attached hydrogen (secondary N) is 2. The van der Waals surface area contributed by atoms with Crippen molar-refractivity contribution in [3.05, 3.63) is 70.5 Å². The minimum Gasteiger partial charge on any atom is -0.298 e. The zero-order chi connectivity index (χ0) is 21.3. The predicted molar refractivity (Wildman–Crippen MR) is 115 cm³/mol. The molecule has 3 aromatic rings. The number of sulfonamides is 1. The van der Waals surface area contributed by atoms with Gasteiger partial charge in [0.1, 0.15) is 5.82 Å². The summed E-state index contributed by atoms with van der Waals surface area (Å²) in [5.74, 6) is -0.185. The zero-order valence-electron chi connectivity index (χ0n) is 16.2. The van der Waals surface area contributed by atoms with Crippen molar-refractivity contribution in [2.24, 2.45) is 5.92 Å². The second-order valence-corrected chi connectivity index (χ2v) is 10.1. The molecule has 2 N–H and O–H groups in total. The summed E-state index contributed by atoms with van der Waals surface area (Å²) in [6, 6.07) is 10.6. The van der Waals surface area contributed by atoms with Crippen molar-refractivity contribution in [3.8, 4) is 0 Å². The third kappa shape index (κ3) is 4.52. The van der Waals surface area contributed by atoms with Crippen LogP contribution in [-0.4, -0.2) is 19.3 Å². The van der Waals surface area contributed by atoms with Gasteiger partial charge in [0, 0.05) is 16.1 Å². The molecule has 1 aliphatic rings. The summed E-state index contributed by atoms with van der Waals surface area (Å²) in [6.45, 7) is 2.22. The monoisotopic (exact) mass is 445 g/mol. The van der Waals surface area contributed by atoms with Gasteiger partial charge >= 0.3 is 0 Å². The molecule has 0 saturated heterocycles. The van der Waals surface area contributed by atoms with Gasteiger partial charge in [0.05, 0.1) is 10.6 Å². The van der Waals surface area contributed by atoms with E-state index in [1.165, 1.54) is 52.6 Å². The standard InChI is InChI=1S/C21H20FN3O3S2/c1-13-2-11-18-19(12-13)29-21(23-18)24-20(26)14-3-7-16(8-4-14)25-30(27,28)17-9-5-15(22)6-10-17/h3-10,13,25H,2,11-12H2,1H3,(H,23,24,26). The molecular formula is C21H20FN3O3S2. The molecule has 2 aromatic carbocycles. The summed E-state index contributed by atoms with van der Waals surface area (Å²) in [6.07, 6.45) is 3.04. The second-order valence-electron chi connectivity index (χ2n) is 7.33. The Labute approximate surface area is 178 Å². The lowest BCUT2D eigenvalue weighted by Gasteiger charge is -2.15. The molecule has 0 fully saturated rings. The number of amides is 1. The summed E-state index contributed by atoms with van der Waals surface area (Å²) in [7, 11) is -3.84. The van der Waals surface area contributed by atoms with Crippen LogP contribution in [0.25, 0.3) is 0 Å². The van der Waals surface area contributed by atoms with Crippen molar-refractivity contribution < 1.29 is 17.6 Å². The number of aryl methyl sites for hydroxylation is 1. The van der Waals surface area contributed by atoms with Crippen LogP contribution in [0.4, 0.5) is 15.2 Å². The van der Waals surface area contributed by atoms with Crippen molar-refractivity contribution in [1.82, 2.24) is 4.98 Å². The molecule has 1 aliphatic carbocycles. The molecule has 9 heteroatoms. The van der Waals surface area contributed by atoms with Crippen LogP contribution in [-0.2, 0) is 22.9 Å². The highest BCUT2D eigenvalue weighted by molar-refractivity contribution is 7.92. The highest BCUT2D eigenvalue weighted by Gasteiger charge is 2.21. The van der Waals surface area contributed by atoms with Gasteiger partial charge in [-0.1, -0.05) is 6.92 Å². The Kier molecular flexibility index (Phi) is 5.57. The van der Waals surface area contributed by atoms with Crippen molar-refractivity contribution in [3.63, 3.8) is 0 Å². The van der Waals surface area contributed by atoms with Gasteiger partial charge in [0.2, 0.25) is 0 Å². The largest absolute Gasteiger partial charge is 0.298 e. The van der Waals surface area contributed by atoms with Gasteiger partial charge in [-0.15, -0.1) is 11.3 Å². The quantitative estimate of drug-likeness (QED) is 0.607. The third-order valence-corrected chi connectivity index (χ3v) is 7.36. The van der Waals surface area contributed by atoms with Gasteiger partial charge in [-0.05, 0) is 73.7 Å². The molecule has 0 saturated carbocycles. The Morgan fingerprint density at radius 3 is 2.53 bits per heavy atom. The lowest BCUT2D eigenvalue weighted by atomic mass is 9.93. The summed E-state index contributed by atoms with van der Waals surface area (Å²) in [4.78, 5) is 18.2. The van der Waals surface area contributed by atoms with Crippen molar-refractivity contribution in [2.75, 3.05) is 10.0 Å². The number of carbonyl (C=O) groups excluding carboxylic acids is 1. The van der Waals surface area contributed by atoms with Gasteiger partial charge in [-0.25, -0.2) is 17.8 Å². The Morgan fingerprint density at radius 2 is 1.83 bits per heavy atom. The van der Waals surface area contributed by atoms with Crippen LogP contribution in [0.3, 0.4) is 0 Å². The third-order valence-electron chi connectivity index (χ3n) is 4.93. The number of thiazole rings is 1. The highest BCUT2D eigenvalue weighted by atomic mass is 32.2. The second kappa shape index (κ2) is 8.16. The van der Waals surface area contributed by atoms with Crippen molar-refractivity contribution >= 4 is 38.1 Å². The predicted octanol–water partition coefficient (Wildman–Crippen LogP) is 4.46. The van der Waals surface area contributed by atoms with Crippen LogP contribution >= 0.6 is 11.3 Å². The molecule has 0 aliphatic heterocycles. The molecule has 30 heavy (non-hydrogen) atoms. The van der Waals surface area contributed by atoms with E-state index in [-0.39, 0.29) is 10.8 Å². The molecule has 6 nitrogen and oxygen atoms in total. The fourth-order valence-electron chi connectivity index (χ4n) is 3.28. The molecule has 1 unspecified atom stereocenters. The van der Waals surface area contributed by atoms with E-state index in [9.17, 15) is 17.6 Å². The first-order valence-corrected chi connectivity index (χ1v) is 11.8. The number of rotatable bonds is 5. The maximum Gasteiger partial charge on any atom is 0.261 e. The molecule has 1 atom stereocenters. The molecule has 0 bridgehead atoms. The van der Waals surface area contributed by atoms with Gasteiger partial charge in [0.15, 0.2) is 5.13 Å². The summed E-state index contributed by atoms with van der Waals surface area (Å²) >= 11 is 1.51. The number of benzene rings is 2. The van der Waals surface area contributed by atoms with E-state index in [1.54, 1.807) is 0 Å². The highest BCUT2D eigenvalue weighted by Crippen LogP contribution is 2.32. The maximum absolute atomic E-state index is 13.0. The first-order chi connectivity index (χ1) is 14.3. The van der Waals surface area contributed by atoms with E-state index in [0.717, 1.165) is 37.1 Å². The molecular weight excluding hydrogens is 425 g/mol. The number of aromatic nitrogens is 1. The maximum atomic E-state index is 13.0. The number of anilines is 2. The summed E-state index contributed by atoms with van der Waals surface area (Å²) in [5.41, 5.74) is 1.76. The van der Waals surface area contributed by atoms with E-state index < -0.39 is 15.8 Å². The van der Waals surface area contributed by atoms with Gasteiger partial charge in [-0.3, -0.25) is 14.8 Å². The number of hydrogen-bond acceptors (Lipinski definition) is 5. The molecule has 0 spiro atoms. The zero-order valence-corrected chi connectivity index (χ0v) is 17.8. The number of fused-ring (bicyclic) bond motifs is 1. The Balaban J connectivity index is 1.43. The lowest BCUT2D eigenvalue weighted by molar-refractivity contribution is 0.102. The number of carbonyl (C=O) groups is 1. The SMILES string of the molecule is CC1CCc2nc(NC(=O)c3ccc(NS(=O)(=O)c4ccc(F)cc4)cc3)sc2C1.